The smallest absolute Gasteiger partial charge is 0.407 e. The van der Waals surface area contributed by atoms with Crippen LogP contribution in [0, 0.1) is 5.92 Å². The molecule has 1 aromatic rings. The number of amides is 2. The van der Waals surface area contributed by atoms with Crippen molar-refractivity contribution in [3.63, 3.8) is 0 Å². The molecule has 2 aliphatic rings. The lowest BCUT2D eigenvalue weighted by molar-refractivity contribution is -0.133. The average molecular weight is 361 g/mol. The number of likely N-dealkylation sites (tertiary alicyclic amines) is 1. The Morgan fingerprint density at radius 3 is 2.73 bits per heavy atom. The molecule has 142 valence electrons. The van der Waals surface area contributed by atoms with Crippen LogP contribution in [0.2, 0.25) is 0 Å². The van der Waals surface area contributed by atoms with Gasteiger partial charge in [0.25, 0.3) is 5.56 Å². The summed E-state index contributed by atoms with van der Waals surface area (Å²) in [5, 5.41) is 2.63. The van der Waals surface area contributed by atoms with E-state index in [1.165, 1.54) is 0 Å². The number of aromatic nitrogens is 1. The highest BCUT2D eigenvalue weighted by molar-refractivity contribution is 5.77. The highest BCUT2D eigenvalue weighted by Crippen LogP contribution is 2.35. The predicted molar refractivity (Wildman–Crippen MR) is 97.0 cm³/mol. The molecular formula is C19H27N3O4. The van der Waals surface area contributed by atoms with Gasteiger partial charge in [-0.25, -0.2) is 4.79 Å². The molecule has 1 fully saturated rings. The van der Waals surface area contributed by atoms with Gasteiger partial charge in [-0.3, -0.25) is 9.59 Å². The molecule has 3 heterocycles. The summed E-state index contributed by atoms with van der Waals surface area (Å²) in [6.07, 6.45) is 0.762. The van der Waals surface area contributed by atoms with Gasteiger partial charge in [0.15, 0.2) is 0 Å². The summed E-state index contributed by atoms with van der Waals surface area (Å²) >= 11 is 0. The van der Waals surface area contributed by atoms with E-state index in [0.29, 0.717) is 25.6 Å². The molecule has 1 aromatic heterocycles. The van der Waals surface area contributed by atoms with Gasteiger partial charge in [0.2, 0.25) is 5.91 Å². The van der Waals surface area contributed by atoms with Gasteiger partial charge in [-0.05, 0) is 39.2 Å². The largest absolute Gasteiger partial charge is 0.444 e. The summed E-state index contributed by atoms with van der Waals surface area (Å²) in [6, 6.07) is 5.37. The molecule has 7 heteroatoms. The third kappa shape index (κ3) is 4.26. The average Bonchev–Trinajstić information content (AvgIpc) is 2.54. The molecule has 3 rings (SSSR count). The summed E-state index contributed by atoms with van der Waals surface area (Å²) in [5.41, 5.74) is 0.515. The molecule has 2 bridgehead atoms. The second-order valence-corrected chi connectivity index (χ2v) is 8.18. The van der Waals surface area contributed by atoms with Crippen molar-refractivity contribution in [2.24, 2.45) is 5.92 Å². The molecule has 0 radical (unpaired) electrons. The maximum atomic E-state index is 12.5. The molecule has 1 saturated heterocycles. The Bertz CT molecular complexity index is 750. The highest BCUT2D eigenvalue weighted by atomic mass is 16.6. The van der Waals surface area contributed by atoms with Gasteiger partial charge in [-0.1, -0.05) is 6.07 Å². The van der Waals surface area contributed by atoms with Crippen LogP contribution in [0.1, 0.15) is 45.2 Å². The van der Waals surface area contributed by atoms with Crippen LogP contribution in [0.3, 0.4) is 0 Å². The quantitative estimate of drug-likeness (QED) is 0.889. The van der Waals surface area contributed by atoms with Crippen LogP contribution >= 0.6 is 0 Å². The van der Waals surface area contributed by atoms with E-state index in [1.54, 1.807) is 32.9 Å². The molecule has 2 amide bonds. The monoisotopic (exact) mass is 361 g/mol. The molecule has 1 N–H and O–H groups in total. The fraction of sp³-hybridized carbons (Fsp3) is 0.632. The van der Waals surface area contributed by atoms with Gasteiger partial charge in [0.05, 0.1) is 0 Å². The zero-order valence-electron chi connectivity index (χ0n) is 15.7. The van der Waals surface area contributed by atoms with Crippen LogP contribution in [-0.2, 0) is 16.1 Å². The molecular weight excluding hydrogens is 334 g/mol. The van der Waals surface area contributed by atoms with Gasteiger partial charge in [-0.15, -0.1) is 0 Å². The van der Waals surface area contributed by atoms with Crippen LogP contribution in [0.25, 0.3) is 0 Å². The minimum atomic E-state index is -0.552. The summed E-state index contributed by atoms with van der Waals surface area (Å²) in [7, 11) is 0. The number of carbonyl (C=O) groups excluding carboxylic acids is 2. The van der Waals surface area contributed by atoms with Crippen LogP contribution in [0.15, 0.2) is 23.0 Å². The first kappa shape index (κ1) is 18.5. The number of hydrogen-bond acceptors (Lipinski definition) is 4. The van der Waals surface area contributed by atoms with E-state index < -0.39 is 11.7 Å². The Hall–Kier alpha value is -2.31. The first-order chi connectivity index (χ1) is 12.2. The number of nitrogens with zero attached hydrogens (tertiary/aromatic N) is 2. The van der Waals surface area contributed by atoms with Crippen molar-refractivity contribution in [1.29, 1.82) is 0 Å². The van der Waals surface area contributed by atoms with E-state index in [0.717, 1.165) is 12.1 Å². The van der Waals surface area contributed by atoms with Crippen LogP contribution in [-0.4, -0.2) is 46.7 Å². The maximum absolute atomic E-state index is 12.5. The normalized spacial score (nSPS) is 21.7. The highest BCUT2D eigenvalue weighted by Gasteiger charge is 2.35. The standard InChI is InChI=1S/C19H27N3O4/c1-19(2,3)26-18(25)20-8-7-16(23)21-10-13-9-14(12-21)15-5-4-6-17(24)22(15)11-13/h4-6,13-14H,7-12H2,1-3H3,(H,20,25)/t13-,14-/m0/s1. The first-order valence-corrected chi connectivity index (χ1v) is 9.17. The summed E-state index contributed by atoms with van der Waals surface area (Å²) in [6.45, 7) is 7.63. The lowest BCUT2D eigenvalue weighted by atomic mass is 9.83. The molecule has 2 atom stereocenters. The number of alkyl carbamates (subject to hydrolysis) is 1. The number of pyridine rings is 1. The van der Waals surface area contributed by atoms with Crippen LogP contribution < -0.4 is 10.9 Å². The lowest BCUT2D eigenvalue weighted by Gasteiger charge is -2.42. The number of carbonyl (C=O) groups is 2. The minimum absolute atomic E-state index is 0.0301. The van der Waals surface area contributed by atoms with E-state index in [4.69, 9.17) is 4.74 Å². The van der Waals surface area contributed by atoms with Crippen molar-refractivity contribution in [3.05, 3.63) is 34.2 Å². The summed E-state index contributed by atoms with van der Waals surface area (Å²) in [4.78, 5) is 38.1. The number of nitrogens with one attached hydrogen (secondary N) is 1. The Kier molecular flexibility index (Phi) is 5.07. The van der Waals surface area contributed by atoms with Crippen LogP contribution in [0.4, 0.5) is 4.79 Å². The number of hydrogen-bond donors (Lipinski definition) is 1. The van der Waals surface area contributed by atoms with Crippen molar-refractivity contribution in [3.8, 4) is 0 Å². The van der Waals surface area contributed by atoms with E-state index in [-0.39, 0.29) is 30.3 Å². The summed E-state index contributed by atoms with van der Waals surface area (Å²) < 4.78 is 7.02. The third-order valence-corrected chi connectivity index (χ3v) is 4.84. The molecule has 2 aliphatic heterocycles. The fourth-order valence-corrected chi connectivity index (χ4v) is 3.84. The van der Waals surface area contributed by atoms with Crippen LogP contribution in [0.5, 0.6) is 0 Å². The van der Waals surface area contributed by atoms with Crippen molar-refractivity contribution in [2.45, 2.75) is 51.7 Å². The molecule has 0 spiro atoms. The Morgan fingerprint density at radius 2 is 2.00 bits per heavy atom. The zero-order chi connectivity index (χ0) is 18.9. The van der Waals surface area contributed by atoms with E-state index >= 15 is 0 Å². The van der Waals surface area contributed by atoms with E-state index in [1.807, 2.05) is 15.5 Å². The second kappa shape index (κ2) is 7.13. The van der Waals surface area contributed by atoms with Gasteiger partial charge >= 0.3 is 6.09 Å². The Balaban J connectivity index is 1.55. The van der Waals surface area contributed by atoms with Crippen molar-refractivity contribution in [1.82, 2.24) is 14.8 Å². The van der Waals surface area contributed by atoms with Gasteiger partial charge in [-0.2, -0.15) is 0 Å². The Labute approximate surface area is 153 Å². The first-order valence-electron chi connectivity index (χ1n) is 9.17. The number of piperidine rings is 1. The maximum Gasteiger partial charge on any atom is 0.407 e. The number of ether oxygens (including phenoxy) is 1. The fourth-order valence-electron chi connectivity index (χ4n) is 3.84. The number of fused-ring (bicyclic) bond motifs is 4. The molecule has 0 saturated carbocycles. The topological polar surface area (TPSA) is 80.6 Å². The van der Waals surface area contributed by atoms with Crippen molar-refractivity contribution >= 4 is 12.0 Å². The molecule has 0 aliphatic carbocycles. The molecule has 0 aromatic carbocycles. The second-order valence-electron chi connectivity index (χ2n) is 8.18. The van der Waals surface area contributed by atoms with Crippen molar-refractivity contribution < 1.29 is 14.3 Å². The Morgan fingerprint density at radius 1 is 1.23 bits per heavy atom. The molecule has 7 nitrogen and oxygen atoms in total. The van der Waals surface area contributed by atoms with E-state index in [9.17, 15) is 14.4 Å². The van der Waals surface area contributed by atoms with E-state index in [2.05, 4.69) is 5.32 Å². The SMILES string of the molecule is CC(C)(C)OC(=O)NCCC(=O)N1C[C@@H]2C[C@@H](C1)c1cccc(=O)n1C2. The zero-order valence-corrected chi connectivity index (χ0v) is 15.7. The minimum Gasteiger partial charge on any atom is -0.444 e. The van der Waals surface area contributed by atoms with Gasteiger partial charge in [0, 0.05) is 50.3 Å². The lowest BCUT2D eigenvalue weighted by Crippen LogP contribution is -2.49. The van der Waals surface area contributed by atoms with Crippen molar-refractivity contribution in [2.75, 3.05) is 19.6 Å². The third-order valence-electron chi connectivity index (χ3n) is 4.84. The number of rotatable bonds is 3. The van der Waals surface area contributed by atoms with Gasteiger partial charge in [0.1, 0.15) is 5.60 Å². The summed E-state index contributed by atoms with van der Waals surface area (Å²) in [5.74, 6) is 0.547. The van der Waals surface area contributed by atoms with Gasteiger partial charge < -0.3 is 19.5 Å². The predicted octanol–water partition coefficient (Wildman–Crippen LogP) is 1.71. The molecule has 26 heavy (non-hydrogen) atoms. The molecule has 0 unspecified atom stereocenters.